The van der Waals surface area contributed by atoms with Crippen LogP contribution in [0.1, 0.15) is 19.4 Å². The third kappa shape index (κ3) is 4.21. The first-order valence-electron chi connectivity index (χ1n) is 6.97. The van der Waals surface area contributed by atoms with Crippen molar-refractivity contribution < 1.29 is 9.53 Å². The maximum absolute atomic E-state index is 11.3. The van der Waals surface area contributed by atoms with E-state index in [2.05, 4.69) is 28.6 Å². The van der Waals surface area contributed by atoms with Gasteiger partial charge >= 0.3 is 6.09 Å². The number of amides is 1. The number of para-hydroxylation sites is 1. The highest BCUT2D eigenvalue weighted by molar-refractivity contribution is 5.84. The molecule has 0 unspecified atom stereocenters. The van der Waals surface area contributed by atoms with Gasteiger partial charge in [0, 0.05) is 5.69 Å². The molecule has 2 aromatic rings. The van der Waals surface area contributed by atoms with Gasteiger partial charge in [0.2, 0.25) is 0 Å². The summed E-state index contributed by atoms with van der Waals surface area (Å²) in [5, 5.41) is 5.88. The third-order valence-corrected chi connectivity index (χ3v) is 2.95. The molecule has 5 heteroatoms. The van der Waals surface area contributed by atoms with Crippen molar-refractivity contribution in [3.8, 4) is 0 Å². The second kappa shape index (κ2) is 7.28. The van der Waals surface area contributed by atoms with E-state index in [1.807, 2.05) is 24.3 Å². The van der Waals surface area contributed by atoms with Crippen LogP contribution in [0.4, 0.5) is 22.0 Å². The molecule has 0 aliphatic rings. The molecule has 2 N–H and O–H groups in total. The smallest absolute Gasteiger partial charge is 0.411 e. The van der Waals surface area contributed by atoms with Crippen molar-refractivity contribution in [2.45, 2.75) is 20.3 Å². The number of aromatic nitrogens is 1. The fourth-order valence-corrected chi connectivity index (χ4v) is 1.92. The molecule has 0 atom stereocenters. The Hall–Kier alpha value is -2.56. The molecule has 2 rings (SSSR count). The molecule has 0 bridgehead atoms. The number of carbonyl (C=O) groups is 1. The SMILES string of the molecule is CCOC(=O)Nc1ccc(Nc2ccccc2CC)nc1. The van der Waals surface area contributed by atoms with Crippen LogP contribution < -0.4 is 10.6 Å². The standard InChI is InChI=1S/C16H19N3O2/c1-3-12-7-5-6-8-14(12)19-15-10-9-13(11-17-15)18-16(20)21-4-2/h5-11H,3-4H2,1-2H3,(H,17,19)(H,18,20). The lowest BCUT2D eigenvalue weighted by molar-refractivity contribution is 0.168. The molecule has 0 aliphatic carbocycles. The van der Waals surface area contributed by atoms with Gasteiger partial charge in [-0.05, 0) is 37.1 Å². The van der Waals surface area contributed by atoms with Crippen molar-refractivity contribution in [2.75, 3.05) is 17.2 Å². The normalized spacial score (nSPS) is 10.0. The maximum atomic E-state index is 11.3. The molecule has 0 saturated carbocycles. The number of hydrogen-bond donors (Lipinski definition) is 2. The zero-order valence-electron chi connectivity index (χ0n) is 12.2. The quantitative estimate of drug-likeness (QED) is 0.873. The van der Waals surface area contributed by atoms with Crippen LogP contribution in [-0.2, 0) is 11.2 Å². The lowest BCUT2D eigenvalue weighted by Crippen LogP contribution is -2.13. The Bertz CT molecular complexity index is 597. The second-order valence-corrected chi connectivity index (χ2v) is 4.41. The van der Waals surface area contributed by atoms with Gasteiger partial charge in [0.15, 0.2) is 0 Å². The molecular weight excluding hydrogens is 266 g/mol. The molecule has 0 aliphatic heterocycles. The maximum Gasteiger partial charge on any atom is 0.411 e. The van der Waals surface area contributed by atoms with Gasteiger partial charge in [-0.25, -0.2) is 9.78 Å². The van der Waals surface area contributed by atoms with Crippen molar-refractivity contribution in [1.29, 1.82) is 0 Å². The first-order valence-corrected chi connectivity index (χ1v) is 6.97. The number of benzene rings is 1. The Labute approximate surface area is 124 Å². The predicted octanol–water partition coefficient (Wildman–Crippen LogP) is 3.96. The number of nitrogens with one attached hydrogen (secondary N) is 2. The van der Waals surface area contributed by atoms with Crippen LogP contribution in [0, 0.1) is 0 Å². The van der Waals surface area contributed by atoms with E-state index < -0.39 is 6.09 Å². The summed E-state index contributed by atoms with van der Waals surface area (Å²) in [5.41, 5.74) is 2.87. The van der Waals surface area contributed by atoms with Gasteiger partial charge in [-0.15, -0.1) is 0 Å². The van der Waals surface area contributed by atoms with E-state index in [9.17, 15) is 4.79 Å². The van der Waals surface area contributed by atoms with Crippen molar-refractivity contribution in [2.24, 2.45) is 0 Å². The predicted molar refractivity (Wildman–Crippen MR) is 84.0 cm³/mol. The van der Waals surface area contributed by atoms with E-state index in [-0.39, 0.29) is 0 Å². The molecule has 1 heterocycles. The number of rotatable bonds is 5. The summed E-state index contributed by atoms with van der Waals surface area (Å²) in [4.78, 5) is 15.6. The highest BCUT2D eigenvalue weighted by Gasteiger charge is 2.04. The average molecular weight is 285 g/mol. The molecule has 0 spiro atoms. The van der Waals surface area contributed by atoms with Gasteiger partial charge in [-0.3, -0.25) is 5.32 Å². The number of nitrogens with zero attached hydrogens (tertiary/aromatic N) is 1. The van der Waals surface area contributed by atoms with Gasteiger partial charge in [0.05, 0.1) is 18.5 Å². The first kappa shape index (κ1) is 14.8. The van der Waals surface area contributed by atoms with Crippen LogP contribution in [-0.4, -0.2) is 17.7 Å². The Kier molecular flexibility index (Phi) is 5.15. The molecule has 5 nitrogen and oxygen atoms in total. The van der Waals surface area contributed by atoms with Gasteiger partial charge in [0.1, 0.15) is 5.82 Å². The van der Waals surface area contributed by atoms with E-state index in [0.717, 1.165) is 17.9 Å². The number of pyridine rings is 1. The monoisotopic (exact) mass is 285 g/mol. The van der Waals surface area contributed by atoms with Crippen LogP contribution in [0.5, 0.6) is 0 Å². The Balaban J connectivity index is 2.04. The summed E-state index contributed by atoms with van der Waals surface area (Å²) in [7, 11) is 0. The Morgan fingerprint density at radius 1 is 1.19 bits per heavy atom. The number of ether oxygens (including phenoxy) is 1. The minimum absolute atomic E-state index is 0.340. The Morgan fingerprint density at radius 3 is 2.67 bits per heavy atom. The summed E-state index contributed by atoms with van der Waals surface area (Å²) < 4.78 is 4.81. The second-order valence-electron chi connectivity index (χ2n) is 4.41. The zero-order valence-corrected chi connectivity index (χ0v) is 12.2. The fraction of sp³-hybridized carbons (Fsp3) is 0.250. The molecule has 1 aromatic heterocycles. The third-order valence-electron chi connectivity index (χ3n) is 2.95. The van der Waals surface area contributed by atoms with Gasteiger partial charge in [0.25, 0.3) is 0 Å². The summed E-state index contributed by atoms with van der Waals surface area (Å²) >= 11 is 0. The van der Waals surface area contributed by atoms with Gasteiger partial charge in [-0.1, -0.05) is 25.1 Å². The van der Waals surface area contributed by atoms with Crippen molar-refractivity contribution in [3.63, 3.8) is 0 Å². The Morgan fingerprint density at radius 2 is 2.00 bits per heavy atom. The van der Waals surface area contributed by atoms with Crippen LogP contribution >= 0.6 is 0 Å². The summed E-state index contributed by atoms with van der Waals surface area (Å²) in [6, 6.07) is 11.7. The zero-order chi connectivity index (χ0) is 15.1. The molecule has 1 aromatic carbocycles. The molecule has 0 fully saturated rings. The topological polar surface area (TPSA) is 63.2 Å². The highest BCUT2D eigenvalue weighted by Crippen LogP contribution is 2.20. The number of hydrogen-bond acceptors (Lipinski definition) is 4. The van der Waals surface area contributed by atoms with Crippen molar-refractivity contribution in [3.05, 3.63) is 48.2 Å². The van der Waals surface area contributed by atoms with Crippen LogP contribution in [0.3, 0.4) is 0 Å². The number of aryl methyl sites for hydroxylation is 1. The van der Waals surface area contributed by atoms with E-state index in [1.165, 1.54) is 5.56 Å². The molecule has 21 heavy (non-hydrogen) atoms. The highest BCUT2D eigenvalue weighted by atomic mass is 16.5. The van der Waals surface area contributed by atoms with Crippen molar-refractivity contribution >= 4 is 23.3 Å². The van der Waals surface area contributed by atoms with E-state index >= 15 is 0 Å². The van der Waals surface area contributed by atoms with Crippen molar-refractivity contribution in [1.82, 2.24) is 4.98 Å². The average Bonchev–Trinajstić information content (AvgIpc) is 2.50. The van der Waals surface area contributed by atoms with Crippen LogP contribution in [0.15, 0.2) is 42.6 Å². The largest absolute Gasteiger partial charge is 0.450 e. The minimum Gasteiger partial charge on any atom is -0.450 e. The molecule has 1 amide bonds. The fourth-order valence-electron chi connectivity index (χ4n) is 1.92. The molecule has 0 saturated heterocycles. The molecule has 0 radical (unpaired) electrons. The van der Waals surface area contributed by atoms with E-state index in [4.69, 9.17) is 4.74 Å². The van der Waals surface area contributed by atoms with Crippen LogP contribution in [0.2, 0.25) is 0 Å². The summed E-state index contributed by atoms with van der Waals surface area (Å²) in [5.74, 6) is 0.727. The van der Waals surface area contributed by atoms with E-state index in [1.54, 1.807) is 19.2 Å². The van der Waals surface area contributed by atoms with Gasteiger partial charge in [-0.2, -0.15) is 0 Å². The number of carbonyl (C=O) groups excluding carboxylic acids is 1. The summed E-state index contributed by atoms with van der Waals surface area (Å²) in [6.07, 6.45) is 2.07. The summed E-state index contributed by atoms with van der Waals surface area (Å²) in [6.45, 7) is 4.21. The number of anilines is 3. The molecule has 110 valence electrons. The van der Waals surface area contributed by atoms with Gasteiger partial charge < -0.3 is 10.1 Å². The lowest BCUT2D eigenvalue weighted by atomic mass is 10.1. The van der Waals surface area contributed by atoms with E-state index in [0.29, 0.717) is 12.3 Å². The van der Waals surface area contributed by atoms with Crippen LogP contribution in [0.25, 0.3) is 0 Å². The molecular formula is C16H19N3O2. The first-order chi connectivity index (χ1) is 10.2. The lowest BCUT2D eigenvalue weighted by Gasteiger charge is -2.10. The minimum atomic E-state index is -0.476.